The Balaban J connectivity index is 2.10. The standard InChI is InChI=1S/C12H14ClN3O3S2/c1-12(17,8-3-2-4-9(13)5-8)7-16-11-15-6-10(20-11)21(14,18)19/h2-6,17H,7H2,1H3,(H,15,16)(H2,14,18,19). The van der Waals surface area contributed by atoms with E-state index in [0.29, 0.717) is 15.7 Å². The molecule has 9 heteroatoms. The molecule has 0 radical (unpaired) electrons. The first-order chi connectivity index (χ1) is 9.68. The second-order valence-electron chi connectivity index (χ2n) is 4.67. The normalized spacial score (nSPS) is 14.7. The summed E-state index contributed by atoms with van der Waals surface area (Å²) in [5, 5.41) is 19.2. The van der Waals surface area contributed by atoms with Gasteiger partial charge in [0.1, 0.15) is 5.60 Å². The van der Waals surface area contributed by atoms with E-state index in [0.717, 1.165) is 11.3 Å². The van der Waals surface area contributed by atoms with Crippen LogP contribution < -0.4 is 10.5 Å². The van der Waals surface area contributed by atoms with Gasteiger partial charge in [-0.3, -0.25) is 0 Å². The molecule has 114 valence electrons. The van der Waals surface area contributed by atoms with Crippen LogP contribution in [-0.2, 0) is 15.6 Å². The molecule has 2 aromatic rings. The molecule has 0 spiro atoms. The topological polar surface area (TPSA) is 105 Å². The Hall–Kier alpha value is -1.19. The molecule has 1 unspecified atom stereocenters. The van der Waals surface area contributed by atoms with Crippen molar-refractivity contribution in [2.75, 3.05) is 11.9 Å². The number of nitrogens with two attached hydrogens (primary N) is 1. The van der Waals surface area contributed by atoms with E-state index < -0.39 is 15.6 Å². The molecule has 1 heterocycles. The van der Waals surface area contributed by atoms with Gasteiger partial charge in [0.15, 0.2) is 9.34 Å². The van der Waals surface area contributed by atoms with E-state index in [1.807, 2.05) is 0 Å². The lowest BCUT2D eigenvalue weighted by Gasteiger charge is -2.24. The maximum atomic E-state index is 11.2. The number of nitrogens with zero attached hydrogens (tertiary/aromatic N) is 1. The van der Waals surface area contributed by atoms with Crippen LogP contribution in [0.1, 0.15) is 12.5 Å². The van der Waals surface area contributed by atoms with Crippen molar-refractivity contribution in [1.82, 2.24) is 4.98 Å². The van der Waals surface area contributed by atoms with E-state index in [4.69, 9.17) is 16.7 Å². The third-order valence-corrected chi connectivity index (χ3v) is 5.39. The van der Waals surface area contributed by atoms with Gasteiger partial charge in [0, 0.05) is 11.6 Å². The number of benzene rings is 1. The quantitative estimate of drug-likeness (QED) is 0.764. The average molecular weight is 348 g/mol. The number of anilines is 1. The number of aromatic nitrogens is 1. The summed E-state index contributed by atoms with van der Waals surface area (Å²) in [6.45, 7) is 1.77. The number of rotatable bonds is 5. The maximum absolute atomic E-state index is 11.2. The molecule has 0 saturated heterocycles. The molecule has 0 fully saturated rings. The zero-order chi connectivity index (χ0) is 15.7. The molecule has 2 rings (SSSR count). The van der Waals surface area contributed by atoms with Crippen molar-refractivity contribution in [3.8, 4) is 0 Å². The minimum absolute atomic E-state index is 0.0348. The number of aliphatic hydroxyl groups is 1. The van der Waals surface area contributed by atoms with Gasteiger partial charge in [0.2, 0.25) is 10.0 Å². The molecule has 1 atom stereocenters. The fourth-order valence-electron chi connectivity index (χ4n) is 1.65. The van der Waals surface area contributed by atoms with Crippen molar-refractivity contribution in [3.05, 3.63) is 41.0 Å². The fourth-order valence-corrected chi connectivity index (χ4v) is 3.28. The average Bonchev–Trinajstić information content (AvgIpc) is 2.85. The molecule has 6 nitrogen and oxygen atoms in total. The highest BCUT2D eigenvalue weighted by Crippen LogP contribution is 2.26. The van der Waals surface area contributed by atoms with Gasteiger partial charge >= 0.3 is 0 Å². The second-order valence-corrected chi connectivity index (χ2v) is 7.92. The van der Waals surface area contributed by atoms with E-state index >= 15 is 0 Å². The Kier molecular flexibility index (Phi) is 4.54. The predicted octanol–water partition coefficient (Wildman–Crippen LogP) is 1.76. The molecule has 0 amide bonds. The van der Waals surface area contributed by atoms with E-state index in [-0.39, 0.29) is 10.8 Å². The monoisotopic (exact) mass is 347 g/mol. The number of primary sulfonamides is 1. The summed E-state index contributed by atoms with van der Waals surface area (Å²) in [7, 11) is -3.76. The summed E-state index contributed by atoms with van der Waals surface area (Å²) in [5.41, 5.74) is -0.538. The van der Waals surface area contributed by atoms with Crippen LogP contribution in [0.15, 0.2) is 34.7 Å². The molecule has 0 aliphatic carbocycles. The Morgan fingerprint density at radius 3 is 2.81 bits per heavy atom. The highest BCUT2D eigenvalue weighted by Gasteiger charge is 2.24. The van der Waals surface area contributed by atoms with Crippen LogP contribution in [0, 0.1) is 0 Å². The van der Waals surface area contributed by atoms with Crippen LogP contribution in [0.3, 0.4) is 0 Å². The summed E-state index contributed by atoms with van der Waals surface area (Å²) < 4.78 is 22.3. The molecule has 0 saturated carbocycles. The highest BCUT2D eigenvalue weighted by molar-refractivity contribution is 7.91. The summed E-state index contributed by atoms with van der Waals surface area (Å²) in [6.07, 6.45) is 1.18. The van der Waals surface area contributed by atoms with Crippen molar-refractivity contribution in [2.24, 2.45) is 5.14 Å². The molecular weight excluding hydrogens is 334 g/mol. The first-order valence-electron chi connectivity index (χ1n) is 5.89. The van der Waals surface area contributed by atoms with E-state index in [9.17, 15) is 13.5 Å². The molecule has 1 aromatic heterocycles. The largest absolute Gasteiger partial charge is 0.384 e. The van der Waals surface area contributed by atoms with Crippen LogP contribution >= 0.6 is 22.9 Å². The van der Waals surface area contributed by atoms with Gasteiger partial charge in [-0.15, -0.1) is 0 Å². The van der Waals surface area contributed by atoms with Crippen molar-refractivity contribution in [1.29, 1.82) is 0 Å². The van der Waals surface area contributed by atoms with Gasteiger partial charge < -0.3 is 10.4 Å². The minimum Gasteiger partial charge on any atom is -0.384 e. The predicted molar refractivity (Wildman–Crippen MR) is 83.0 cm³/mol. The van der Waals surface area contributed by atoms with Crippen LogP contribution in [0.2, 0.25) is 5.02 Å². The first kappa shape index (κ1) is 16.2. The smallest absolute Gasteiger partial charge is 0.249 e. The summed E-state index contributed by atoms with van der Waals surface area (Å²) >= 11 is 6.81. The van der Waals surface area contributed by atoms with E-state index in [2.05, 4.69) is 10.3 Å². The molecule has 0 bridgehead atoms. The molecule has 21 heavy (non-hydrogen) atoms. The van der Waals surface area contributed by atoms with Crippen LogP contribution in [0.5, 0.6) is 0 Å². The zero-order valence-corrected chi connectivity index (χ0v) is 13.5. The maximum Gasteiger partial charge on any atom is 0.249 e. The second kappa shape index (κ2) is 5.90. The molecule has 0 aliphatic rings. The van der Waals surface area contributed by atoms with Gasteiger partial charge in [0.25, 0.3) is 0 Å². The lowest BCUT2D eigenvalue weighted by molar-refractivity contribution is 0.0715. The Morgan fingerprint density at radius 1 is 1.52 bits per heavy atom. The van der Waals surface area contributed by atoms with Crippen LogP contribution in [-0.4, -0.2) is 25.1 Å². The van der Waals surface area contributed by atoms with Gasteiger partial charge in [-0.25, -0.2) is 18.5 Å². The Bertz CT molecular complexity index is 744. The summed E-state index contributed by atoms with van der Waals surface area (Å²) in [5.74, 6) is 0. The Morgan fingerprint density at radius 2 is 2.24 bits per heavy atom. The molecule has 4 N–H and O–H groups in total. The fraction of sp³-hybridized carbons (Fsp3) is 0.250. The van der Waals surface area contributed by atoms with Gasteiger partial charge in [-0.1, -0.05) is 35.1 Å². The molecule has 1 aromatic carbocycles. The van der Waals surface area contributed by atoms with Crippen molar-refractivity contribution >= 4 is 38.1 Å². The first-order valence-corrected chi connectivity index (χ1v) is 8.63. The third-order valence-electron chi connectivity index (χ3n) is 2.80. The molecular formula is C12H14ClN3O3S2. The number of sulfonamides is 1. The Labute approximate surface area is 131 Å². The number of nitrogens with one attached hydrogen (secondary N) is 1. The lowest BCUT2D eigenvalue weighted by Crippen LogP contribution is -2.30. The van der Waals surface area contributed by atoms with Crippen LogP contribution in [0.25, 0.3) is 0 Å². The van der Waals surface area contributed by atoms with Crippen molar-refractivity contribution in [3.63, 3.8) is 0 Å². The summed E-state index contributed by atoms with van der Waals surface area (Å²) in [4.78, 5) is 3.91. The minimum atomic E-state index is -3.76. The summed E-state index contributed by atoms with van der Waals surface area (Å²) in [6, 6.07) is 6.88. The van der Waals surface area contributed by atoms with Gasteiger partial charge in [-0.05, 0) is 24.6 Å². The van der Waals surface area contributed by atoms with Gasteiger partial charge in [-0.2, -0.15) is 0 Å². The van der Waals surface area contributed by atoms with Gasteiger partial charge in [0.05, 0.1) is 6.20 Å². The zero-order valence-electron chi connectivity index (χ0n) is 11.1. The van der Waals surface area contributed by atoms with Crippen molar-refractivity contribution in [2.45, 2.75) is 16.7 Å². The molecule has 0 aliphatic heterocycles. The SMILES string of the molecule is CC(O)(CNc1ncc(S(N)(=O)=O)s1)c1cccc(Cl)c1. The van der Waals surface area contributed by atoms with E-state index in [1.54, 1.807) is 31.2 Å². The highest BCUT2D eigenvalue weighted by atomic mass is 35.5. The number of halogens is 1. The number of thiazole rings is 1. The number of hydrogen-bond donors (Lipinski definition) is 3. The number of hydrogen-bond acceptors (Lipinski definition) is 6. The van der Waals surface area contributed by atoms with E-state index in [1.165, 1.54) is 6.20 Å². The van der Waals surface area contributed by atoms with Crippen LogP contribution in [0.4, 0.5) is 5.13 Å². The lowest BCUT2D eigenvalue weighted by atomic mass is 9.96. The third kappa shape index (κ3) is 4.14. The van der Waals surface area contributed by atoms with Crippen molar-refractivity contribution < 1.29 is 13.5 Å².